The quantitative estimate of drug-likeness (QED) is 0.785. The molecule has 120 valence electrons. The lowest BCUT2D eigenvalue weighted by atomic mass is 10.1. The summed E-state index contributed by atoms with van der Waals surface area (Å²) in [5.74, 6) is 0.872. The van der Waals surface area contributed by atoms with Gasteiger partial charge in [0.1, 0.15) is 11.5 Å². The Morgan fingerprint density at radius 3 is 2.41 bits per heavy atom. The molecule has 0 atom stereocenters. The third kappa shape index (κ3) is 4.23. The van der Waals surface area contributed by atoms with Crippen LogP contribution in [0.4, 0.5) is 0 Å². The lowest BCUT2D eigenvalue weighted by Gasteiger charge is -2.20. The Kier molecular flexibility index (Phi) is 5.81. The second-order valence-corrected chi connectivity index (χ2v) is 5.50. The van der Waals surface area contributed by atoms with E-state index in [4.69, 9.17) is 9.47 Å². The van der Waals surface area contributed by atoms with Gasteiger partial charge in [-0.05, 0) is 31.9 Å². The molecule has 0 radical (unpaired) electrons. The van der Waals surface area contributed by atoms with Crippen LogP contribution < -0.4 is 9.47 Å². The maximum absolute atomic E-state index is 12.2. The van der Waals surface area contributed by atoms with Crippen LogP contribution in [0.3, 0.4) is 0 Å². The van der Waals surface area contributed by atoms with Gasteiger partial charge in [-0.1, -0.05) is 12.8 Å². The molecule has 1 amide bonds. The molecule has 0 aromatic heterocycles. The van der Waals surface area contributed by atoms with E-state index in [1.54, 1.807) is 25.3 Å². The van der Waals surface area contributed by atoms with E-state index in [0.29, 0.717) is 17.1 Å². The van der Waals surface area contributed by atoms with Crippen molar-refractivity contribution in [3.63, 3.8) is 0 Å². The van der Waals surface area contributed by atoms with E-state index in [1.165, 1.54) is 19.8 Å². The van der Waals surface area contributed by atoms with E-state index in [9.17, 15) is 9.59 Å². The fraction of sp³-hybridized carbons (Fsp3) is 0.529. The highest BCUT2D eigenvalue weighted by Gasteiger charge is 2.17. The average molecular weight is 305 g/mol. The standard InChI is InChI=1S/C17H23NO4/c1-13(19)15-8-7-14(21-2)11-16(15)22-12-17(20)18-9-5-3-4-6-10-18/h7-8,11H,3-6,9-10,12H2,1-2H3. The van der Waals surface area contributed by atoms with Crippen LogP contribution in [0.15, 0.2) is 18.2 Å². The predicted molar refractivity (Wildman–Crippen MR) is 83.5 cm³/mol. The van der Waals surface area contributed by atoms with Crippen molar-refractivity contribution in [3.8, 4) is 11.5 Å². The Bertz CT molecular complexity index is 533. The van der Waals surface area contributed by atoms with Crippen molar-refractivity contribution in [3.05, 3.63) is 23.8 Å². The molecule has 5 heteroatoms. The van der Waals surface area contributed by atoms with Crippen LogP contribution in [0.2, 0.25) is 0 Å². The number of Topliss-reactive ketones (excluding diaryl/α,β-unsaturated/α-hetero) is 1. The summed E-state index contributed by atoms with van der Waals surface area (Å²) in [6.07, 6.45) is 4.44. The minimum atomic E-state index is -0.0973. The van der Waals surface area contributed by atoms with Gasteiger partial charge in [-0.15, -0.1) is 0 Å². The molecule has 0 unspecified atom stereocenters. The van der Waals surface area contributed by atoms with Gasteiger partial charge >= 0.3 is 0 Å². The molecular weight excluding hydrogens is 282 g/mol. The first-order chi connectivity index (χ1) is 10.6. The summed E-state index contributed by atoms with van der Waals surface area (Å²) in [6, 6.07) is 5.01. The zero-order valence-electron chi connectivity index (χ0n) is 13.3. The van der Waals surface area contributed by atoms with Crippen LogP contribution >= 0.6 is 0 Å². The van der Waals surface area contributed by atoms with Gasteiger partial charge in [-0.3, -0.25) is 9.59 Å². The molecule has 5 nitrogen and oxygen atoms in total. The first kappa shape index (κ1) is 16.3. The zero-order valence-corrected chi connectivity index (χ0v) is 13.3. The molecule has 1 saturated heterocycles. The highest BCUT2D eigenvalue weighted by atomic mass is 16.5. The van der Waals surface area contributed by atoms with Gasteiger partial charge in [0.2, 0.25) is 0 Å². The van der Waals surface area contributed by atoms with Crippen LogP contribution in [0.25, 0.3) is 0 Å². The van der Waals surface area contributed by atoms with E-state index in [1.807, 2.05) is 4.90 Å². The number of likely N-dealkylation sites (tertiary alicyclic amines) is 1. The molecule has 0 bridgehead atoms. The highest BCUT2D eigenvalue weighted by molar-refractivity contribution is 5.97. The number of ketones is 1. The molecule has 22 heavy (non-hydrogen) atoms. The van der Waals surface area contributed by atoms with Crippen molar-refractivity contribution in [2.45, 2.75) is 32.6 Å². The van der Waals surface area contributed by atoms with Crippen molar-refractivity contribution < 1.29 is 19.1 Å². The summed E-state index contributed by atoms with van der Waals surface area (Å²) < 4.78 is 10.7. The Labute approximate surface area is 131 Å². The number of carbonyl (C=O) groups is 2. The lowest BCUT2D eigenvalue weighted by molar-refractivity contribution is -0.133. The van der Waals surface area contributed by atoms with Crippen molar-refractivity contribution >= 4 is 11.7 Å². The number of ether oxygens (including phenoxy) is 2. The van der Waals surface area contributed by atoms with E-state index < -0.39 is 0 Å². The molecule has 1 aliphatic rings. The van der Waals surface area contributed by atoms with E-state index in [2.05, 4.69) is 0 Å². The molecular formula is C17H23NO4. The van der Waals surface area contributed by atoms with Gasteiger partial charge in [-0.2, -0.15) is 0 Å². The number of hydrogen-bond donors (Lipinski definition) is 0. The zero-order chi connectivity index (χ0) is 15.9. The SMILES string of the molecule is COc1ccc(C(C)=O)c(OCC(=O)N2CCCCCC2)c1. The molecule has 2 rings (SSSR count). The molecule has 1 aromatic carbocycles. The van der Waals surface area contributed by atoms with E-state index in [0.717, 1.165) is 25.9 Å². The summed E-state index contributed by atoms with van der Waals surface area (Å²) in [6.45, 7) is 3.01. The smallest absolute Gasteiger partial charge is 0.260 e. The number of rotatable bonds is 5. The Morgan fingerprint density at radius 2 is 1.82 bits per heavy atom. The number of benzene rings is 1. The second-order valence-electron chi connectivity index (χ2n) is 5.50. The topological polar surface area (TPSA) is 55.8 Å². The lowest BCUT2D eigenvalue weighted by Crippen LogP contribution is -2.35. The molecule has 0 aliphatic carbocycles. The summed E-state index contributed by atoms with van der Waals surface area (Å²) in [4.78, 5) is 25.7. The molecule has 1 aliphatic heterocycles. The van der Waals surface area contributed by atoms with Crippen molar-refractivity contribution in [1.29, 1.82) is 0 Å². The molecule has 0 spiro atoms. The van der Waals surface area contributed by atoms with Crippen molar-refractivity contribution in [2.24, 2.45) is 0 Å². The molecule has 1 heterocycles. The van der Waals surface area contributed by atoms with Crippen molar-refractivity contribution in [2.75, 3.05) is 26.8 Å². The largest absolute Gasteiger partial charge is 0.497 e. The average Bonchev–Trinajstić information content (AvgIpc) is 2.81. The summed E-state index contributed by atoms with van der Waals surface area (Å²) in [7, 11) is 1.55. The minimum Gasteiger partial charge on any atom is -0.497 e. The number of hydrogen-bond acceptors (Lipinski definition) is 4. The maximum Gasteiger partial charge on any atom is 0.260 e. The normalized spacial score (nSPS) is 15.1. The van der Waals surface area contributed by atoms with Gasteiger partial charge in [0.05, 0.1) is 12.7 Å². The Hall–Kier alpha value is -2.04. The van der Waals surface area contributed by atoms with Gasteiger partial charge < -0.3 is 14.4 Å². The molecule has 0 N–H and O–H groups in total. The fourth-order valence-corrected chi connectivity index (χ4v) is 2.59. The van der Waals surface area contributed by atoms with E-state index in [-0.39, 0.29) is 18.3 Å². The van der Waals surface area contributed by atoms with Crippen molar-refractivity contribution in [1.82, 2.24) is 4.90 Å². The minimum absolute atomic E-state index is 0.0285. The summed E-state index contributed by atoms with van der Waals surface area (Å²) in [5.41, 5.74) is 0.462. The maximum atomic E-state index is 12.2. The number of methoxy groups -OCH3 is 1. The van der Waals surface area contributed by atoms with Gasteiger partial charge in [0, 0.05) is 19.2 Å². The van der Waals surface area contributed by atoms with E-state index >= 15 is 0 Å². The van der Waals surface area contributed by atoms with Crippen LogP contribution in [0.1, 0.15) is 43.0 Å². The predicted octanol–water partition coefficient (Wildman–Crippen LogP) is 2.68. The third-order valence-electron chi connectivity index (χ3n) is 3.88. The first-order valence-corrected chi connectivity index (χ1v) is 7.71. The number of amides is 1. The number of carbonyl (C=O) groups excluding carboxylic acids is 2. The highest BCUT2D eigenvalue weighted by Crippen LogP contribution is 2.25. The summed E-state index contributed by atoms with van der Waals surface area (Å²) in [5, 5.41) is 0. The second kappa shape index (κ2) is 7.82. The van der Waals surface area contributed by atoms with Gasteiger partial charge in [-0.25, -0.2) is 0 Å². The monoisotopic (exact) mass is 305 g/mol. The summed E-state index contributed by atoms with van der Waals surface area (Å²) >= 11 is 0. The van der Waals surface area contributed by atoms with Crippen LogP contribution in [0.5, 0.6) is 11.5 Å². The van der Waals surface area contributed by atoms with Crippen LogP contribution in [0, 0.1) is 0 Å². The van der Waals surface area contributed by atoms with Gasteiger partial charge in [0.15, 0.2) is 12.4 Å². The Morgan fingerprint density at radius 1 is 1.14 bits per heavy atom. The molecule has 1 aromatic rings. The number of nitrogens with zero attached hydrogens (tertiary/aromatic N) is 1. The Balaban J connectivity index is 2.03. The molecule has 1 fully saturated rings. The van der Waals surface area contributed by atoms with Gasteiger partial charge in [0.25, 0.3) is 5.91 Å². The fourth-order valence-electron chi connectivity index (χ4n) is 2.59. The molecule has 0 saturated carbocycles. The third-order valence-corrected chi connectivity index (χ3v) is 3.88. The van der Waals surface area contributed by atoms with Crippen LogP contribution in [-0.4, -0.2) is 43.4 Å². The first-order valence-electron chi connectivity index (χ1n) is 7.71. The van der Waals surface area contributed by atoms with Crippen LogP contribution in [-0.2, 0) is 4.79 Å².